The Morgan fingerprint density at radius 2 is 2.00 bits per heavy atom. The van der Waals surface area contributed by atoms with Gasteiger partial charge in [0, 0.05) is 18.7 Å². The minimum absolute atomic E-state index is 0.116. The first-order chi connectivity index (χ1) is 13.0. The number of ether oxygens (including phenoxy) is 1. The summed E-state index contributed by atoms with van der Waals surface area (Å²) in [5.74, 6) is 0.640. The summed E-state index contributed by atoms with van der Waals surface area (Å²) in [5.41, 5.74) is 7.64. The molecule has 0 unspecified atom stereocenters. The maximum atomic E-state index is 11.9. The van der Waals surface area contributed by atoms with Crippen LogP contribution in [0, 0.1) is 6.92 Å². The van der Waals surface area contributed by atoms with Crippen molar-refractivity contribution in [2.45, 2.75) is 19.9 Å². The van der Waals surface area contributed by atoms with Crippen LogP contribution in [0.5, 0.6) is 5.75 Å². The molecule has 3 aromatic rings. The van der Waals surface area contributed by atoms with Gasteiger partial charge in [-0.3, -0.25) is 9.59 Å². The summed E-state index contributed by atoms with van der Waals surface area (Å²) in [7, 11) is 0. The predicted molar refractivity (Wildman–Crippen MR) is 103 cm³/mol. The van der Waals surface area contributed by atoms with E-state index in [1.165, 1.54) is 6.07 Å². The smallest absolute Gasteiger partial charge is 0.257 e. The zero-order chi connectivity index (χ0) is 19.2. The van der Waals surface area contributed by atoms with Crippen molar-refractivity contribution in [3.05, 3.63) is 59.9 Å². The number of aryl methyl sites for hydroxylation is 2. The van der Waals surface area contributed by atoms with Crippen LogP contribution in [0.25, 0.3) is 11.0 Å². The van der Waals surface area contributed by atoms with Gasteiger partial charge in [-0.1, -0.05) is 18.2 Å². The van der Waals surface area contributed by atoms with Crippen molar-refractivity contribution in [2.75, 3.05) is 13.2 Å². The number of carbonyl (C=O) groups is 2. The molecule has 0 saturated heterocycles. The van der Waals surface area contributed by atoms with Gasteiger partial charge in [-0.05, 0) is 43.7 Å². The van der Waals surface area contributed by atoms with E-state index in [2.05, 4.69) is 14.9 Å². The Morgan fingerprint density at radius 3 is 2.81 bits per heavy atom. The lowest BCUT2D eigenvalue weighted by Crippen LogP contribution is -2.30. The summed E-state index contributed by atoms with van der Waals surface area (Å²) >= 11 is 0. The number of amides is 2. The lowest BCUT2D eigenvalue weighted by molar-refractivity contribution is -0.123. The van der Waals surface area contributed by atoms with E-state index >= 15 is 0 Å². The van der Waals surface area contributed by atoms with Crippen molar-refractivity contribution in [3.8, 4) is 5.75 Å². The highest BCUT2D eigenvalue weighted by Gasteiger charge is 2.07. The molecule has 3 rings (SSSR count). The number of rotatable bonds is 8. The molecule has 7 heteroatoms. The summed E-state index contributed by atoms with van der Waals surface area (Å²) in [5, 5.41) is 2.83. The third kappa shape index (κ3) is 4.63. The van der Waals surface area contributed by atoms with E-state index in [0.717, 1.165) is 29.8 Å². The molecule has 0 atom stereocenters. The molecule has 0 radical (unpaired) electrons. The minimum atomic E-state index is -0.535. The first-order valence-corrected chi connectivity index (χ1v) is 8.76. The van der Waals surface area contributed by atoms with Gasteiger partial charge in [-0.25, -0.2) is 4.98 Å². The van der Waals surface area contributed by atoms with Crippen molar-refractivity contribution < 1.29 is 14.3 Å². The fraction of sp³-hybridized carbons (Fsp3) is 0.250. The molecule has 0 fully saturated rings. The normalized spacial score (nSPS) is 10.7. The van der Waals surface area contributed by atoms with E-state index < -0.39 is 5.91 Å². The number of nitrogens with one attached hydrogen (secondary N) is 1. The first-order valence-electron chi connectivity index (χ1n) is 8.76. The van der Waals surface area contributed by atoms with Gasteiger partial charge in [0.1, 0.15) is 11.6 Å². The molecule has 2 aromatic carbocycles. The van der Waals surface area contributed by atoms with Crippen LogP contribution in [0.3, 0.4) is 0 Å². The van der Waals surface area contributed by atoms with Gasteiger partial charge in [-0.2, -0.15) is 0 Å². The Hall–Kier alpha value is -3.35. The van der Waals surface area contributed by atoms with Crippen molar-refractivity contribution in [1.29, 1.82) is 0 Å². The van der Waals surface area contributed by atoms with Gasteiger partial charge in [-0.15, -0.1) is 0 Å². The molecule has 0 saturated carbocycles. The maximum Gasteiger partial charge on any atom is 0.257 e. The van der Waals surface area contributed by atoms with E-state index in [1.54, 1.807) is 18.2 Å². The molecule has 2 amide bonds. The Kier molecular flexibility index (Phi) is 5.71. The summed E-state index contributed by atoms with van der Waals surface area (Å²) in [6.45, 7) is 3.17. The van der Waals surface area contributed by atoms with Crippen molar-refractivity contribution in [2.24, 2.45) is 5.73 Å². The van der Waals surface area contributed by atoms with Crippen molar-refractivity contribution >= 4 is 22.8 Å². The lowest BCUT2D eigenvalue weighted by Gasteiger charge is -2.09. The van der Waals surface area contributed by atoms with E-state index in [1.807, 2.05) is 31.2 Å². The highest BCUT2D eigenvalue weighted by Crippen LogP contribution is 2.15. The quantitative estimate of drug-likeness (QED) is 0.596. The van der Waals surface area contributed by atoms with Crippen LogP contribution in [-0.2, 0) is 11.3 Å². The second kappa shape index (κ2) is 8.35. The third-order valence-corrected chi connectivity index (χ3v) is 4.21. The molecule has 0 aliphatic carbocycles. The average molecular weight is 366 g/mol. The number of hydrogen-bond donors (Lipinski definition) is 2. The molecule has 140 valence electrons. The molecule has 1 heterocycles. The molecule has 0 spiro atoms. The van der Waals surface area contributed by atoms with Crippen molar-refractivity contribution in [3.63, 3.8) is 0 Å². The summed E-state index contributed by atoms with van der Waals surface area (Å²) < 4.78 is 7.55. The molecule has 27 heavy (non-hydrogen) atoms. The maximum absolute atomic E-state index is 11.9. The fourth-order valence-corrected chi connectivity index (χ4v) is 2.88. The minimum Gasteiger partial charge on any atom is -0.484 e. The van der Waals surface area contributed by atoms with Gasteiger partial charge in [0.2, 0.25) is 5.91 Å². The molecular formula is C20H22N4O3. The van der Waals surface area contributed by atoms with Crippen LogP contribution in [0.4, 0.5) is 0 Å². The van der Waals surface area contributed by atoms with Crippen LogP contribution in [0.15, 0.2) is 48.5 Å². The number of nitrogens with two attached hydrogens (primary N) is 1. The number of para-hydroxylation sites is 2. The zero-order valence-corrected chi connectivity index (χ0v) is 15.1. The number of nitrogens with zero attached hydrogens (tertiary/aromatic N) is 2. The second-order valence-electron chi connectivity index (χ2n) is 6.18. The van der Waals surface area contributed by atoms with E-state index in [4.69, 9.17) is 10.5 Å². The molecular weight excluding hydrogens is 344 g/mol. The SMILES string of the molecule is Cc1nc2ccccc2n1CCCNC(=O)COc1cccc(C(N)=O)c1. The molecule has 1 aromatic heterocycles. The predicted octanol–water partition coefficient (Wildman–Crippen LogP) is 2.03. The Labute approximate surface area is 157 Å². The van der Waals surface area contributed by atoms with Gasteiger partial charge >= 0.3 is 0 Å². The highest BCUT2D eigenvalue weighted by molar-refractivity contribution is 5.93. The molecule has 0 aliphatic rings. The summed E-state index contributed by atoms with van der Waals surface area (Å²) in [6.07, 6.45) is 0.782. The number of fused-ring (bicyclic) bond motifs is 1. The first kappa shape index (κ1) is 18.4. The fourth-order valence-electron chi connectivity index (χ4n) is 2.88. The number of aromatic nitrogens is 2. The van der Waals surface area contributed by atoms with E-state index in [-0.39, 0.29) is 12.5 Å². The van der Waals surface area contributed by atoms with Crippen LogP contribution in [0.1, 0.15) is 22.6 Å². The topological polar surface area (TPSA) is 99.2 Å². The van der Waals surface area contributed by atoms with Crippen molar-refractivity contribution in [1.82, 2.24) is 14.9 Å². The Balaban J connectivity index is 1.44. The molecule has 3 N–H and O–H groups in total. The molecule has 7 nitrogen and oxygen atoms in total. The molecule has 0 aliphatic heterocycles. The highest BCUT2D eigenvalue weighted by atomic mass is 16.5. The standard InChI is InChI=1S/C20H22N4O3/c1-14-23-17-8-2-3-9-18(17)24(14)11-5-10-22-19(25)13-27-16-7-4-6-15(12-16)20(21)26/h2-4,6-9,12H,5,10-11,13H2,1H3,(H2,21,26)(H,22,25). The van der Waals surface area contributed by atoms with Gasteiger partial charge in [0.15, 0.2) is 6.61 Å². The number of benzene rings is 2. The molecule has 0 bridgehead atoms. The summed E-state index contributed by atoms with van der Waals surface area (Å²) in [6, 6.07) is 14.4. The van der Waals surface area contributed by atoms with Gasteiger partial charge in [0.05, 0.1) is 11.0 Å². The largest absolute Gasteiger partial charge is 0.484 e. The van der Waals surface area contributed by atoms with Gasteiger partial charge in [0.25, 0.3) is 5.91 Å². The van der Waals surface area contributed by atoms with Crippen LogP contribution in [-0.4, -0.2) is 34.5 Å². The van der Waals surface area contributed by atoms with Crippen LogP contribution >= 0.6 is 0 Å². The van der Waals surface area contributed by atoms with Crippen LogP contribution < -0.4 is 15.8 Å². The van der Waals surface area contributed by atoms with E-state index in [9.17, 15) is 9.59 Å². The third-order valence-electron chi connectivity index (χ3n) is 4.21. The number of hydrogen-bond acceptors (Lipinski definition) is 4. The Bertz CT molecular complexity index is 965. The van der Waals surface area contributed by atoms with Gasteiger partial charge < -0.3 is 20.4 Å². The Morgan fingerprint density at radius 1 is 1.19 bits per heavy atom. The lowest BCUT2D eigenvalue weighted by atomic mass is 10.2. The number of carbonyl (C=O) groups excluding carboxylic acids is 2. The summed E-state index contributed by atoms with van der Waals surface area (Å²) in [4.78, 5) is 27.6. The number of imidazole rings is 1. The van der Waals surface area contributed by atoms with E-state index in [0.29, 0.717) is 17.9 Å². The monoisotopic (exact) mass is 366 g/mol. The number of primary amides is 1. The van der Waals surface area contributed by atoms with Crippen LogP contribution in [0.2, 0.25) is 0 Å². The second-order valence-corrected chi connectivity index (χ2v) is 6.18. The zero-order valence-electron chi connectivity index (χ0n) is 15.1. The average Bonchev–Trinajstić information content (AvgIpc) is 2.99.